The number of likely N-dealkylation sites (tertiary alicyclic amines) is 1. The Labute approximate surface area is 150 Å². The summed E-state index contributed by atoms with van der Waals surface area (Å²) in [5.74, 6) is 1.46. The maximum absolute atomic E-state index is 13.0. The lowest BCUT2D eigenvalue weighted by molar-refractivity contribution is 0.216. The van der Waals surface area contributed by atoms with Gasteiger partial charge in [-0.3, -0.25) is 0 Å². The van der Waals surface area contributed by atoms with Gasteiger partial charge >= 0.3 is 0 Å². The molecule has 136 valence electrons. The molecule has 26 heavy (non-hydrogen) atoms. The van der Waals surface area contributed by atoms with Crippen molar-refractivity contribution in [2.75, 3.05) is 20.1 Å². The van der Waals surface area contributed by atoms with Crippen molar-refractivity contribution in [1.29, 1.82) is 0 Å². The summed E-state index contributed by atoms with van der Waals surface area (Å²) in [6, 6.07) is 6.31. The minimum Gasteiger partial charge on any atom is -0.332 e. The van der Waals surface area contributed by atoms with Gasteiger partial charge in [0.1, 0.15) is 5.82 Å². The van der Waals surface area contributed by atoms with E-state index >= 15 is 0 Å². The third-order valence-corrected chi connectivity index (χ3v) is 4.79. The Morgan fingerprint density at radius 1 is 1.19 bits per heavy atom. The Kier molecular flexibility index (Phi) is 4.75. The third kappa shape index (κ3) is 3.96. The third-order valence-electron chi connectivity index (χ3n) is 4.79. The monoisotopic (exact) mass is 356 g/mol. The highest BCUT2D eigenvalue weighted by atomic mass is 19.1. The van der Waals surface area contributed by atoms with Crippen LogP contribution in [0.25, 0.3) is 11.6 Å². The van der Waals surface area contributed by atoms with Crippen LogP contribution in [0.3, 0.4) is 0 Å². The molecule has 0 radical (unpaired) electrons. The molecule has 3 heterocycles. The summed E-state index contributed by atoms with van der Waals surface area (Å²) in [5, 5.41) is 12.3. The average Bonchev–Trinajstić information content (AvgIpc) is 3.28. The topological polar surface area (TPSA) is 72.9 Å². The lowest BCUT2D eigenvalue weighted by Gasteiger charge is -2.27. The molecule has 0 aliphatic carbocycles. The molecule has 7 nitrogen and oxygen atoms in total. The zero-order valence-electron chi connectivity index (χ0n) is 14.7. The highest BCUT2D eigenvalue weighted by Gasteiger charge is 2.20. The summed E-state index contributed by atoms with van der Waals surface area (Å²) in [6.07, 6.45) is 4.92. The predicted octanol–water partition coefficient (Wildman–Crippen LogP) is 2.40. The number of piperidine rings is 1. The second kappa shape index (κ2) is 7.33. The van der Waals surface area contributed by atoms with Crippen molar-refractivity contribution in [3.63, 3.8) is 0 Å². The molecule has 1 fully saturated rings. The largest absolute Gasteiger partial charge is 0.332 e. The molecule has 0 amide bonds. The van der Waals surface area contributed by atoms with Crippen LogP contribution in [0, 0.1) is 11.7 Å². The summed E-state index contributed by atoms with van der Waals surface area (Å²) in [7, 11) is 2.15. The number of benzene rings is 1. The first-order valence-corrected chi connectivity index (χ1v) is 8.82. The van der Waals surface area contributed by atoms with Crippen LogP contribution in [0.4, 0.5) is 4.39 Å². The molecule has 0 saturated carbocycles. The smallest absolute Gasteiger partial charge is 0.280 e. The molecule has 1 aliphatic heterocycles. The Hall–Kier alpha value is -2.61. The average molecular weight is 356 g/mol. The lowest BCUT2D eigenvalue weighted by Crippen LogP contribution is -2.31. The molecule has 2 aromatic heterocycles. The van der Waals surface area contributed by atoms with E-state index < -0.39 is 0 Å². The fraction of sp³-hybridized carbons (Fsp3) is 0.444. The Balaban J connectivity index is 1.40. The summed E-state index contributed by atoms with van der Waals surface area (Å²) in [4.78, 5) is 6.81. The van der Waals surface area contributed by atoms with Gasteiger partial charge in [0.25, 0.3) is 5.89 Å². The minimum absolute atomic E-state index is 0.254. The first-order chi connectivity index (χ1) is 12.7. The Morgan fingerprint density at radius 3 is 2.73 bits per heavy atom. The van der Waals surface area contributed by atoms with Gasteiger partial charge < -0.3 is 9.42 Å². The number of rotatable bonds is 5. The summed E-state index contributed by atoms with van der Waals surface area (Å²) in [5.41, 5.74) is 1.49. The van der Waals surface area contributed by atoms with Gasteiger partial charge in [-0.05, 0) is 56.6 Å². The number of hydrogen-bond acceptors (Lipinski definition) is 6. The van der Waals surface area contributed by atoms with Gasteiger partial charge in [-0.25, -0.2) is 9.07 Å². The SMILES string of the molecule is CN1CCC(Cc2noc(-c3cn(Cc4ccc(F)cc4)nn3)n2)CC1. The quantitative estimate of drug-likeness (QED) is 0.699. The van der Waals surface area contributed by atoms with Crippen LogP contribution in [0.2, 0.25) is 0 Å². The first-order valence-electron chi connectivity index (χ1n) is 8.82. The second-order valence-corrected chi connectivity index (χ2v) is 6.89. The van der Waals surface area contributed by atoms with Gasteiger partial charge in [0.2, 0.25) is 0 Å². The van der Waals surface area contributed by atoms with E-state index in [1.165, 1.54) is 12.1 Å². The van der Waals surface area contributed by atoms with Crippen molar-refractivity contribution in [2.45, 2.75) is 25.8 Å². The van der Waals surface area contributed by atoms with Crippen LogP contribution >= 0.6 is 0 Å². The van der Waals surface area contributed by atoms with Crippen molar-refractivity contribution < 1.29 is 8.91 Å². The lowest BCUT2D eigenvalue weighted by atomic mass is 9.94. The van der Waals surface area contributed by atoms with E-state index in [1.54, 1.807) is 23.0 Å². The molecule has 0 bridgehead atoms. The van der Waals surface area contributed by atoms with Crippen LogP contribution in [0.1, 0.15) is 24.2 Å². The second-order valence-electron chi connectivity index (χ2n) is 6.89. The summed E-state index contributed by atoms with van der Waals surface area (Å²) >= 11 is 0. The van der Waals surface area contributed by atoms with Gasteiger partial charge in [0, 0.05) is 6.42 Å². The molecular weight excluding hydrogens is 335 g/mol. The van der Waals surface area contributed by atoms with Gasteiger partial charge in [0.05, 0.1) is 12.7 Å². The van der Waals surface area contributed by atoms with Crippen molar-refractivity contribution in [3.8, 4) is 11.6 Å². The number of halogens is 1. The molecule has 1 aliphatic rings. The molecule has 8 heteroatoms. The van der Waals surface area contributed by atoms with Crippen molar-refractivity contribution in [2.24, 2.45) is 5.92 Å². The molecule has 3 aromatic rings. The van der Waals surface area contributed by atoms with Crippen LogP contribution < -0.4 is 0 Å². The maximum atomic E-state index is 13.0. The van der Waals surface area contributed by atoms with E-state index in [4.69, 9.17) is 4.52 Å². The first kappa shape index (κ1) is 16.8. The molecule has 1 aromatic carbocycles. The zero-order valence-corrected chi connectivity index (χ0v) is 14.7. The summed E-state index contributed by atoms with van der Waals surface area (Å²) < 4.78 is 20.0. The molecule has 0 N–H and O–H groups in total. The molecule has 0 atom stereocenters. The van der Waals surface area contributed by atoms with Crippen LogP contribution in [0.5, 0.6) is 0 Å². The fourth-order valence-electron chi connectivity index (χ4n) is 3.22. The molecule has 0 unspecified atom stereocenters. The van der Waals surface area contributed by atoms with E-state index in [-0.39, 0.29) is 5.82 Å². The van der Waals surface area contributed by atoms with E-state index in [0.717, 1.165) is 43.7 Å². The van der Waals surface area contributed by atoms with Gasteiger partial charge in [-0.15, -0.1) is 5.10 Å². The van der Waals surface area contributed by atoms with E-state index in [2.05, 4.69) is 32.4 Å². The standard InChI is InChI=1S/C18H21FN6O/c1-24-8-6-13(7-9-24)10-17-20-18(26-22-17)16-12-25(23-21-16)11-14-2-4-15(19)5-3-14/h2-5,12-13H,6-11H2,1H3. The molecule has 0 spiro atoms. The van der Waals surface area contributed by atoms with Gasteiger partial charge in [0.15, 0.2) is 11.5 Å². The van der Waals surface area contributed by atoms with Crippen molar-refractivity contribution >= 4 is 0 Å². The van der Waals surface area contributed by atoms with E-state index in [9.17, 15) is 4.39 Å². The number of hydrogen-bond donors (Lipinski definition) is 0. The maximum Gasteiger partial charge on any atom is 0.280 e. The van der Waals surface area contributed by atoms with Crippen molar-refractivity contribution in [3.05, 3.63) is 47.7 Å². The Morgan fingerprint density at radius 2 is 1.96 bits per heavy atom. The Bertz CT molecular complexity index is 851. The highest BCUT2D eigenvalue weighted by molar-refractivity contribution is 5.43. The minimum atomic E-state index is -0.254. The van der Waals surface area contributed by atoms with Crippen LogP contribution in [-0.4, -0.2) is 50.2 Å². The summed E-state index contributed by atoms with van der Waals surface area (Å²) in [6.45, 7) is 2.74. The van der Waals surface area contributed by atoms with Crippen LogP contribution in [0.15, 0.2) is 35.0 Å². The molecular formula is C18H21FN6O. The fourth-order valence-corrected chi connectivity index (χ4v) is 3.22. The van der Waals surface area contributed by atoms with Gasteiger partial charge in [-0.2, -0.15) is 4.98 Å². The van der Waals surface area contributed by atoms with Crippen LogP contribution in [-0.2, 0) is 13.0 Å². The molecule has 1 saturated heterocycles. The highest BCUT2D eigenvalue weighted by Crippen LogP contribution is 2.21. The zero-order chi connectivity index (χ0) is 17.9. The number of nitrogens with zero attached hydrogens (tertiary/aromatic N) is 6. The predicted molar refractivity (Wildman–Crippen MR) is 92.7 cm³/mol. The number of aromatic nitrogens is 5. The van der Waals surface area contributed by atoms with Gasteiger partial charge in [-0.1, -0.05) is 22.5 Å². The molecule has 4 rings (SSSR count). The van der Waals surface area contributed by atoms with E-state index in [0.29, 0.717) is 24.0 Å². The normalized spacial score (nSPS) is 16.2. The van der Waals surface area contributed by atoms with Crippen molar-refractivity contribution in [1.82, 2.24) is 30.0 Å². The van der Waals surface area contributed by atoms with E-state index in [1.807, 2.05) is 0 Å².